The number of ether oxygens (including phenoxy) is 1. The molecule has 4 rings (SSSR count). The first kappa shape index (κ1) is 19.2. The number of amides is 1. The number of aryl methyl sites for hydroxylation is 2. The second-order valence-corrected chi connectivity index (χ2v) is 7.45. The van der Waals surface area contributed by atoms with Crippen molar-refractivity contribution >= 4 is 5.91 Å². The molecule has 3 aromatic rings. The molecule has 0 atom stereocenters. The molecule has 5 nitrogen and oxygen atoms in total. The third-order valence-corrected chi connectivity index (χ3v) is 5.51. The number of hydrogen-bond acceptors (Lipinski definition) is 4. The maximum Gasteiger partial charge on any atom is 0.260 e. The highest BCUT2D eigenvalue weighted by atomic mass is 19.1. The molecule has 1 aromatic heterocycles. The van der Waals surface area contributed by atoms with E-state index in [0.29, 0.717) is 25.3 Å². The summed E-state index contributed by atoms with van der Waals surface area (Å²) in [6.45, 7) is 6.94. The summed E-state index contributed by atoms with van der Waals surface area (Å²) in [4.78, 5) is 14.4. The third kappa shape index (κ3) is 3.75. The molecule has 0 saturated heterocycles. The summed E-state index contributed by atoms with van der Waals surface area (Å²) in [5, 5.41) is 4.14. The van der Waals surface area contributed by atoms with Crippen LogP contribution in [-0.2, 0) is 17.8 Å². The summed E-state index contributed by atoms with van der Waals surface area (Å²) >= 11 is 0. The molecule has 0 bridgehead atoms. The Kier molecular flexibility index (Phi) is 5.09. The predicted molar refractivity (Wildman–Crippen MR) is 107 cm³/mol. The van der Waals surface area contributed by atoms with Gasteiger partial charge in [-0.05, 0) is 68.1 Å². The van der Waals surface area contributed by atoms with Crippen LogP contribution >= 0.6 is 0 Å². The minimum atomic E-state index is -0.294. The highest BCUT2D eigenvalue weighted by Gasteiger charge is 2.27. The summed E-state index contributed by atoms with van der Waals surface area (Å²) in [7, 11) is 0. The molecule has 1 aliphatic rings. The van der Waals surface area contributed by atoms with Gasteiger partial charge in [-0.1, -0.05) is 17.3 Å². The number of aromatic nitrogens is 1. The fourth-order valence-corrected chi connectivity index (χ4v) is 3.64. The number of carbonyl (C=O) groups excluding carboxylic acids is 1. The zero-order valence-electron chi connectivity index (χ0n) is 16.8. The van der Waals surface area contributed by atoms with Gasteiger partial charge in [-0.15, -0.1) is 0 Å². The number of rotatable bonds is 4. The molecule has 0 fully saturated rings. The summed E-state index contributed by atoms with van der Waals surface area (Å²) < 4.78 is 24.5. The first-order chi connectivity index (χ1) is 13.9. The van der Waals surface area contributed by atoms with Gasteiger partial charge in [-0.2, -0.15) is 0 Å². The van der Waals surface area contributed by atoms with E-state index in [4.69, 9.17) is 9.26 Å². The van der Waals surface area contributed by atoms with Crippen LogP contribution in [0, 0.1) is 26.6 Å². The van der Waals surface area contributed by atoms with Crippen LogP contribution in [0.1, 0.15) is 27.9 Å². The maximum atomic E-state index is 13.2. The number of halogens is 1. The number of nitrogens with zero attached hydrogens (tertiary/aromatic N) is 2. The molecule has 6 heteroatoms. The highest BCUT2D eigenvalue weighted by Crippen LogP contribution is 2.31. The van der Waals surface area contributed by atoms with Crippen LogP contribution in [-0.4, -0.2) is 29.1 Å². The van der Waals surface area contributed by atoms with Crippen molar-refractivity contribution in [3.8, 4) is 17.1 Å². The monoisotopic (exact) mass is 394 g/mol. The summed E-state index contributed by atoms with van der Waals surface area (Å²) in [6.07, 6.45) is 0.639. The first-order valence-electron chi connectivity index (χ1n) is 9.64. The van der Waals surface area contributed by atoms with Crippen molar-refractivity contribution in [2.75, 3.05) is 13.2 Å². The van der Waals surface area contributed by atoms with Gasteiger partial charge < -0.3 is 14.2 Å². The van der Waals surface area contributed by atoms with E-state index in [1.807, 2.05) is 26.8 Å². The SMILES string of the molecule is Cc1ccc(C)c(OCC(=O)N2CCc3c(noc3-c3ccc(F)cc3)C2)c1C. The Morgan fingerprint density at radius 1 is 1.14 bits per heavy atom. The molecule has 1 amide bonds. The van der Waals surface area contributed by atoms with Crippen LogP contribution in [0.4, 0.5) is 4.39 Å². The van der Waals surface area contributed by atoms with Crippen LogP contribution in [0.3, 0.4) is 0 Å². The molecular formula is C23H23FN2O3. The van der Waals surface area contributed by atoms with Crippen molar-refractivity contribution in [1.29, 1.82) is 0 Å². The van der Waals surface area contributed by atoms with E-state index in [1.54, 1.807) is 17.0 Å². The molecular weight excluding hydrogens is 371 g/mol. The predicted octanol–water partition coefficient (Wildman–Crippen LogP) is 4.37. The topological polar surface area (TPSA) is 55.6 Å². The molecule has 2 heterocycles. The van der Waals surface area contributed by atoms with Crippen molar-refractivity contribution in [2.45, 2.75) is 33.7 Å². The molecule has 1 aliphatic heterocycles. The van der Waals surface area contributed by atoms with E-state index >= 15 is 0 Å². The van der Waals surface area contributed by atoms with Crippen LogP contribution < -0.4 is 4.74 Å². The van der Waals surface area contributed by atoms with Gasteiger partial charge in [0, 0.05) is 17.7 Å². The zero-order chi connectivity index (χ0) is 20.5. The van der Waals surface area contributed by atoms with Gasteiger partial charge >= 0.3 is 0 Å². The van der Waals surface area contributed by atoms with Crippen LogP contribution in [0.2, 0.25) is 0 Å². The maximum absolute atomic E-state index is 13.2. The Hall–Kier alpha value is -3.15. The van der Waals surface area contributed by atoms with Crippen molar-refractivity contribution < 1.29 is 18.4 Å². The summed E-state index contributed by atoms with van der Waals surface area (Å²) in [6, 6.07) is 10.2. The van der Waals surface area contributed by atoms with Gasteiger partial charge in [0.2, 0.25) is 0 Å². The third-order valence-electron chi connectivity index (χ3n) is 5.51. The van der Waals surface area contributed by atoms with Gasteiger partial charge in [-0.3, -0.25) is 4.79 Å². The second kappa shape index (κ2) is 7.70. The average molecular weight is 394 g/mol. The number of hydrogen-bond donors (Lipinski definition) is 0. The van der Waals surface area contributed by atoms with Gasteiger partial charge in [0.05, 0.1) is 6.54 Å². The summed E-state index contributed by atoms with van der Waals surface area (Å²) in [5.41, 5.74) is 5.71. The number of benzene rings is 2. The smallest absolute Gasteiger partial charge is 0.260 e. The van der Waals surface area contributed by atoms with Gasteiger partial charge in [-0.25, -0.2) is 4.39 Å². The van der Waals surface area contributed by atoms with E-state index in [0.717, 1.165) is 39.3 Å². The fraction of sp³-hybridized carbons (Fsp3) is 0.304. The molecule has 0 aliphatic carbocycles. The fourth-order valence-electron chi connectivity index (χ4n) is 3.64. The van der Waals surface area contributed by atoms with E-state index in [9.17, 15) is 9.18 Å². The average Bonchev–Trinajstić information content (AvgIpc) is 3.14. The Bertz CT molecular complexity index is 1060. The van der Waals surface area contributed by atoms with Crippen molar-refractivity contribution in [1.82, 2.24) is 10.1 Å². The van der Waals surface area contributed by atoms with Crippen LogP contribution in [0.15, 0.2) is 40.9 Å². The van der Waals surface area contributed by atoms with E-state index < -0.39 is 0 Å². The molecule has 2 aromatic carbocycles. The molecule has 0 saturated carbocycles. The summed E-state index contributed by atoms with van der Waals surface area (Å²) in [5.74, 6) is 1.05. The Labute approximate surface area is 169 Å². The van der Waals surface area contributed by atoms with E-state index in [2.05, 4.69) is 11.2 Å². The number of fused-ring (bicyclic) bond motifs is 1. The Balaban J connectivity index is 1.45. The molecule has 150 valence electrons. The van der Waals surface area contributed by atoms with Crippen molar-refractivity contribution in [2.24, 2.45) is 0 Å². The molecule has 29 heavy (non-hydrogen) atoms. The lowest BCUT2D eigenvalue weighted by Crippen LogP contribution is -2.39. The highest BCUT2D eigenvalue weighted by molar-refractivity contribution is 5.78. The normalized spacial score (nSPS) is 13.3. The molecule has 0 unspecified atom stereocenters. The van der Waals surface area contributed by atoms with Crippen molar-refractivity contribution in [3.05, 3.63) is 70.2 Å². The largest absolute Gasteiger partial charge is 0.483 e. The Morgan fingerprint density at radius 2 is 1.86 bits per heavy atom. The van der Waals surface area contributed by atoms with E-state index in [1.165, 1.54) is 12.1 Å². The quantitative estimate of drug-likeness (QED) is 0.659. The van der Waals surface area contributed by atoms with Gasteiger partial charge in [0.25, 0.3) is 5.91 Å². The van der Waals surface area contributed by atoms with Gasteiger partial charge in [0.1, 0.15) is 17.3 Å². The van der Waals surface area contributed by atoms with Gasteiger partial charge in [0.15, 0.2) is 12.4 Å². The minimum Gasteiger partial charge on any atom is -0.483 e. The zero-order valence-corrected chi connectivity index (χ0v) is 16.8. The van der Waals surface area contributed by atoms with E-state index in [-0.39, 0.29) is 18.3 Å². The lowest BCUT2D eigenvalue weighted by Gasteiger charge is -2.26. The molecule has 0 N–H and O–H groups in total. The lowest BCUT2D eigenvalue weighted by atomic mass is 10.0. The van der Waals surface area contributed by atoms with Crippen molar-refractivity contribution in [3.63, 3.8) is 0 Å². The lowest BCUT2D eigenvalue weighted by molar-refractivity contribution is -0.134. The van der Waals surface area contributed by atoms with Crippen LogP contribution in [0.5, 0.6) is 5.75 Å². The first-order valence-corrected chi connectivity index (χ1v) is 9.64. The standard InChI is InChI=1S/C23H23FN2O3/c1-14-4-5-15(2)22(16(14)3)28-13-21(27)26-11-10-19-20(12-26)25-29-23(19)17-6-8-18(24)9-7-17/h4-9H,10-13H2,1-3H3. The number of carbonyl (C=O) groups is 1. The minimum absolute atomic E-state index is 0.0108. The Morgan fingerprint density at radius 3 is 2.62 bits per heavy atom. The van der Waals surface area contributed by atoms with Crippen LogP contribution in [0.25, 0.3) is 11.3 Å². The molecule has 0 spiro atoms. The second-order valence-electron chi connectivity index (χ2n) is 7.45. The molecule has 0 radical (unpaired) electrons.